The van der Waals surface area contributed by atoms with Gasteiger partial charge in [-0.1, -0.05) is 36.4 Å². The van der Waals surface area contributed by atoms with E-state index < -0.39 is 0 Å². The lowest BCUT2D eigenvalue weighted by Gasteiger charge is -1.94. The predicted octanol–water partition coefficient (Wildman–Crippen LogP) is 3.55. The number of hydrogen-bond acceptors (Lipinski definition) is 0. The maximum Gasteiger partial charge on any atom is -0.0105 e. The average Bonchev–Trinajstić information content (AvgIpc) is 2.06. The maximum atomic E-state index is 3.15. The molecule has 0 amide bonds. The van der Waals surface area contributed by atoms with Crippen LogP contribution in [-0.4, -0.2) is 0 Å². The first-order valence-electron chi connectivity index (χ1n) is 4.14. The molecule has 0 aliphatic heterocycles. The lowest BCUT2D eigenvalue weighted by atomic mass is 10.1. The van der Waals surface area contributed by atoms with Crippen molar-refractivity contribution < 1.29 is 0 Å². The van der Waals surface area contributed by atoms with Gasteiger partial charge in [-0.2, -0.15) is 0 Å². The summed E-state index contributed by atoms with van der Waals surface area (Å²) in [6, 6.07) is 9.26. The van der Waals surface area contributed by atoms with E-state index in [4.69, 9.17) is 0 Å². The fourth-order valence-corrected chi connectivity index (χ4v) is 1.08. The summed E-state index contributed by atoms with van der Waals surface area (Å²) in [6.45, 7) is 4.03. The number of hydrogen-bond donors (Lipinski definition) is 0. The van der Waals surface area contributed by atoms with Crippen LogP contribution in [0.4, 0.5) is 0 Å². The van der Waals surface area contributed by atoms with Crippen LogP contribution < -0.4 is 0 Å². The average molecular weight is 157 g/mol. The SMILES string of the molecule is CC=Cc1[c]ccc(C=CC)c1. The van der Waals surface area contributed by atoms with Crippen LogP contribution in [0, 0.1) is 6.07 Å². The lowest BCUT2D eigenvalue weighted by Crippen LogP contribution is -1.74. The van der Waals surface area contributed by atoms with E-state index in [1.165, 1.54) is 5.56 Å². The molecule has 0 aliphatic carbocycles. The Labute approximate surface area is 74.2 Å². The van der Waals surface area contributed by atoms with E-state index in [1.807, 2.05) is 44.2 Å². The summed E-state index contributed by atoms with van der Waals surface area (Å²) in [5, 5.41) is 0. The molecule has 0 saturated carbocycles. The maximum absolute atomic E-state index is 3.15. The molecule has 1 rings (SSSR count). The van der Waals surface area contributed by atoms with E-state index in [-0.39, 0.29) is 0 Å². The van der Waals surface area contributed by atoms with Gasteiger partial charge in [0, 0.05) is 0 Å². The van der Waals surface area contributed by atoms with Gasteiger partial charge in [-0.15, -0.1) is 0 Å². The Bertz CT molecular complexity index is 265. The third kappa shape index (κ3) is 2.39. The second-order valence-electron chi connectivity index (χ2n) is 2.58. The van der Waals surface area contributed by atoms with Crippen LogP contribution >= 0.6 is 0 Å². The summed E-state index contributed by atoms with van der Waals surface area (Å²) in [7, 11) is 0. The highest BCUT2D eigenvalue weighted by molar-refractivity contribution is 5.56. The molecule has 0 unspecified atom stereocenters. The largest absolute Gasteiger partial charge is 0.0871 e. The molecule has 0 fully saturated rings. The van der Waals surface area contributed by atoms with Crippen LogP contribution in [0.2, 0.25) is 0 Å². The highest BCUT2D eigenvalue weighted by Crippen LogP contribution is 2.07. The van der Waals surface area contributed by atoms with Crippen molar-refractivity contribution in [2.75, 3.05) is 0 Å². The summed E-state index contributed by atoms with van der Waals surface area (Å²) < 4.78 is 0. The topological polar surface area (TPSA) is 0 Å². The Balaban J connectivity index is 2.95. The number of benzene rings is 1. The zero-order valence-electron chi connectivity index (χ0n) is 7.54. The van der Waals surface area contributed by atoms with Crippen LogP contribution in [0.5, 0.6) is 0 Å². The van der Waals surface area contributed by atoms with E-state index in [9.17, 15) is 0 Å². The summed E-state index contributed by atoms with van der Waals surface area (Å²) >= 11 is 0. The predicted molar refractivity (Wildman–Crippen MR) is 54.7 cm³/mol. The molecule has 0 aromatic heterocycles. The van der Waals surface area contributed by atoms with Gasteiger partial charge in [-0.3, -0.25) is 0 Å². The van der Waals surface area contributed by atoms with Gasteiger partial charge in [0.2, 0.25) is 0 Å². The van der Waals surface area contributed by atoms with Crippen LogP contribution in [0.15, 0.2) is 30.4 Å². The minimum absolute atomic E-state index is 1.13. The van der Waals surface area contributed by atoms with Crippen LogP contribution in [0.1, 0.15) is 25.0 Å². The van der Waals surface area contributed by atoms with Gasteiger partial charge in [0.15, 0.2) is 0 Å². The smallest absolute Gasteiger partial charge is 0.0105 e. The molecular formula is C12H13. The standard InChI is InChI=1S/C12H13/c1-3-6-11-8-5-9-12(10-11)7-4-2/h3-8,10H,1-2H3. The molecule has 0 aliphatic rings. The van der Waals surface area contributed by atoms with Crippen LogP contribution in [0.25, 0.3) is 12.2 Å². The van der Waals surface area contributed by atoms with Gasteiger partial charge in [0.05, 0.1) is 0 Å². The van der Waals surface area contributed by atoms with E-state index in [1.54, 1.807) is 0 Å². The molecule has 12 heavy (non-hydrogen) atoms. The number of allylic oxidation sites excluding steroid dienone is 2. The molecule has 0 bridgehead atoms. The molecule has 0 atom stereocenters. The van der Waals surface area contributed by atoms with Gasteiger partial charge >= 0.3 is 0 Å². The molecule has 1 aromatic carbocycles. The third-order valence-electron chi connectivity index (χ3n) is 1.55. The molecule has 0 heterocycles. The van der Waals surface area contributed by atoms with E-state index in [2.05, 4.69) is 18.2 Å². The molecule has 0 N–H and O–H groups in total. The van der Waals surface area contributed by atoms with Crippen molar-refractivity contribution in [1.82, 2.24) is 0 Å². The summed E-state index contributed by atoms with van der Waals surface area (Å²) in [5.74, 6) is 0. The second-order valence-corrected chi connectivity index (χ2v) is 2.58. The molecule has 0 saturated heterocycles. The molecular weight excluding hydrogens is 144 g/mol. The van der Waals surface area contributed by atoms with Crippen molar-refractivity contribution in [3.63, 3.8) is 0 Å². The summed E-state index contributed by atoms with van der Waals surface area (Å²) in [5.41, 5.74) is 2.36. The summed E-state index contributed by atoms with van der Waals surface area (Å²) in [6.07, 6.45) is 8.19. The molecule has 0 spiro atoms. The number of rotatable bonds is 2. The molecule has 0 heteroatoms. The summed E-state index contributed by atoms with van der Waals surface area (Å²) in [4.78, 5) is 0. The quantitative estimate of drug-likeness (QED) is 0.615. The first-order valence-corrected chi connectivity index (χ1v) is 4.14. The zero-order chi connectivity index (χ0) is 8.81. The van der Waals surface area contributed by atoms with E-state index in [0.717, 1.165) is 5.56 Å². The highest BCUT2D eigenvalue weighted by atomic mass is 13.9. The van der Waals surface area contributed by atoms with Crippen molar-refractivity contribution in [3.8, 4) is 0 Å². The van der Waals surface area contributed by atoms with Gasteiger partial charge in [-0.05, 0) is 37.1 Å². The van der Waals surface area contributed by atoms with Crippen LogP contribution in [0.3, 0.4) is 0 Å². The van der Waals surface area contributed by atoms with Gasteiger partial charge < -0.3 is 0 Å². The van der Waals surface area contributed by atoms with Gasteiger partial charge in [0.25, 0.3) is 0 Å². The Kier molecular flexibility index (Phi) is 3.34. The Hall–Kier alpha value is -1.30. The van der Waals surface area contributed by atoms with Crippen LogP contribution in [-0.2, 0) is 0 Å². The van der Waals surface area contributed by atoms with Crippen molar-refractivity contribution in [2.24, 2.45) is 0 Å². The normalized spacial score (nSPS) is 11.5. The molecule has 1 radical (unpaired) electrons. The zero-order valence-corrected chi connectivity index (χ0v) is 7.54. The van der Waals surface area contributed by atoms with Gasteiger partial charge in [0.1, 0.15) is 0 Å². The fourth-order valence-electron chi connectivity index (χ4n) is 1.08. The van der Waals surface area contributed by atoms with Crippen molar-refractivity contribution in [3.05, 3.63) is 47.5 Å². The molecule has 61 valence electrons. The fraction of sp³-hybridized carbons (Fsp3) is 0.167. The molecule has 1 aromatic rings. The van der Waals surface area contributed by atoms with E-state index >= 15 is 0 Å². The van der Waals surface area contributed by atoms with Crippen molar-refractivity contribution in [1.29, 1.82) is 0 Å². The van der Waals surface area contributed by atoms with Crippen molar-refractivity contribution in [2.45, 2.75) is 13.8 Å². The minimum atomic E-state index is 1.13. The Morgan fingerprint density at radius 2 is 1.92 bits per heavy atom. The third-order valence-corrected chi connectivity index (χ3v) is 1.55. The minimum Gasteiger partial charge on any atom is -0.0871 e. The highest BCUT2D eigenvalue weighted by Gasteiger charge is 1.87. The Morgan fingerprint density at radius 3 is 2.58 bits per heavy atom. The molecule has 0 nitrogen and oxygen atoms in total. The second kappa shape index (κ2) is 4.55. The van der Waals surface area contributed by atoms with Crippen molar-refractivity contribution >= 4 is 12.2 Å². The Morgan fingerprint density at radius 1 is 1.17 bits per heavy atom. The van der Waals surface area contributed by atoms with Gasteiger partial charge in [-0.25, -0.2) is 0 Å². The lowest BCUT2D eigenvalue weighted by molar-refractivity contribution is 1.59. The monoisotopic (exact) mass is 157 g/mol. The first-order chi connectivity index (χ1) is 5.86. The van der Waals surface area contributed by atoms with E-state index in [0.29, 0.717) is 0 Å². The first kappa shape index (κ1) is 8.79.